The Balaban J connectivity index is 1.68. The largest absolute Gasteiger partial charge is 0.350 e. The first-order valence-corrected chi connectivity index (χ1v) is 8.78. The molecule has 1 atom stereocenters. The van der Waals surface area contributed by atoms with E-state index >= 15 is 0 Å². The molecule has 3 rings (SSSR count). The van der Waals surface area contributed by atoms with Gasteiger partial charge in [0.25, 0.3) is 5.91 Å². The van der Waals surface area contributed by atoms with Gasteiger partial charge in [0.05, 0.1) is 6.54 Å². The zero-order valence-corrected chi connectivity index (χ0v) is 14.9. The molecule has 1 aromatic heterocycles. The molecule has 1 aromatic carbocycles. The first kappa shape index (κ1) is 17.2. The Morgan fingerprint density at radius 3 is 2.60 bits per heavy atom. The summed E-state index contributed by atoms with van der Waals surface area (Å²) in [6, 6.07) is 10.7. The third-order valence-electron chi connectivity index (χ3n) is 4.25. The fourth-order valence-corrected chi connectivity index (χ4v) is 3.37. The molecule has 1 fully saturated rings. The summed E-state index contributed by atoms with van der Waals surface area (Å²) in [7, 11) is 0. The summed E-state index contributed by atoms with van der Waals surface area (Å²) in [5.74, 6) is -0.794. The molecule has 2 aromatic rings. The number of nitrogens with zero attached hydrogens (tertiary/aromatic N) is 1. The number of aryl methyl sites for hydroxylation is 1. The molecule has 0 spiro atoms. The monoisotopic (exact) mass is 357 g/mol. The van der Waals surface area contributed by atoms with Gasteiger partial charge in [-0.2, -0.15) is 0 Å². The quantitative estimate of drug-likeness (QED) is 0.805. The van der Waals surface area contributed by atoms with Crippen molar-refractivity contribution in [3.8, 4) is 0 Å². The third kappa shape index (κ3) is 3.41. The first-order valence-electron chi connectivity index (χ1n) is 7.90. The molecule has 0 bridgehead atoms. The van der Waals surface area contributed by atoms with Crippen molar-refractivity contribution in [2.24, 2.45) is 0 Å². The average Bonchev–Trinajstić information content (AvgIpc) is 3.17. The number of rotatable bonds is 5. The van der Waals surface area contributed by atoms with E-state index in [0.717, 1.165) is 15.3 Å². The second-order valence-corrected chi connectivity index (χ2v) is 7.20. The van der Waals surface area contributed by atoms with Crippen molar-refractivity contribution in [3.05, 3.63) is 57.8 Å². The van der Waals surface area contributed by atoms with Crippen LogP contribution in [-0.2, 0) is 21.7 Å². The van der Waals surface area contributed by atoms with Gasteiger partial charge in [0, 0.05) is 4.88 Å². The number of urea groups is 1. The van der Waals surface area contributed by atoms with Gasteiger partial charge < -0.3 is 10.6 Å². The van der Waals surface area contributed by atoms with Crippen LogP contribution in [0.3, 0.4) is 0 Å². The van der Waals surface area contributed by atoms with E-state index in [2.05, 4.69) is 10.6 Å². The number of hydrogen-bond acceptors (Lipinski definition) is 4. The number of imide groups is 1. The summed E-state index contributed by atoms with van der Waals surface area (Å²) in [6.07, 6.45) is 0. The van der Waals surface area contributed by atoms with E-state index < -0.39 is 17.5 Å². The van der Waals surface area contributed by atoms with E-state index in [0.29, 0.717) is 12.1 Å². The Kier molecular flexibility index (Phi) is 4.59. The van der Waals surface area contributed by atoms with Gasteiger partial charge in [-0.1, -0.05) is 35.9 Å². The Morgan fingerprint density at radius 1 is 1.24 bits per heavy atom. The molecule has 0 aliphatic carbocycles. The highest BCUT2D eigenvalue weighted by atomic mass is 32.1. The van der Waals surface area contributed by atoms with Crippen LogP contribution < -0.4 is 10.6 Å². The summed E-state index contributed by atoms with van der Waals surface area (Å²) in [6.45, 7) is 3.69. The lowest BCUT2D eigenvalue weighted by Crippen LogP contribution is -2.43. The number of thiophene rings is 1. The van der Waals surface area contributed by atoms with E-state index in [-0.39, 0.29) is 12.5 Å². The number of carbonyl (C=O) groups excluding carboxylic acids is 3. The van der Waals surface area contributed by atoms with Crippen LogP contribution in [0.15, 0.2) is 41.8 Å². The molecular formula is C18H19N3O3S. The normalized spacial score (nSPS) is 19.8. The van der Waals surface area contributed by atoms with Crippen LogP contribution in [0.2, 0.25) is 0 Å². The van der Waals surface area contributed by atoms with Crippen molar-refractivity contribution in [1.29, 1.82) is 0 Å². The van der Waals surface area contributed by atoms with E-state index in [1.54, 1.807) is 6.92 Å². The minimum atomic E-state index is -1.15. The van der Waals surface area contributed by atoms with Crippen molar-refractivity contribution < 1.29 is 14.4 Å². The molecule has 1 aliphatic heterocycles. The van der Waals surface area contributed by atoms with Gasteiger partial charge in [0.1, 0.15) is 12.1 Å². The maximum atomic E-state index is 12.8. The molecule has 130 valence electrons. The maximum Gasteiger partial charge on any atom is 0.325 e. The van der Waals surface area contributed by atoms with Crippen LogP contribution in [0.4, 0.5) is 4.79 Å². The standard InChI is InChI=1S/C18H19N3O3S/c1-12-5-7-13(8-6-12)18(2)16(23)21(17(24)20-18)11-15(22)19-10-14-4-3-9-25-14/h3-9H,10-11H2,1-2H3,(H,19,22)(H,20,24)/t18-/m1/s1. The van der Waals surface area contributed by atoms with Crippen molar-refractivity contribution in [3.63, 3.8) is 0 Å². The fraction of sp³-hybridized carbons (Fsp3) is 0.278. The topological polar surface area (TPSA) is 78.5 Å². The predicted octanol–water partition coefficient (Wildman–Crippen LogP) is 2.14. The number of nitrogens with one attached hydrogen (secondary N) is 2. The molecule has 2 heterocycles. The third-order valence-corrected chi connectivity index (χ3v) is 5.12. The average molecular weight is 357 g/mol. The highest BCUT2D eigenvalue weighted by Crippen LogP contribution is 2.28. The lowest BCUT2D eigenvalue weighted by Gasteiger charge is -2.22. The lowest BCUT2D eigenvalue weighted by atomic mass is 9.91. The zero-order valence-electron chi connectivity index (χ0n) is 14.0. The second-order valence-electron chi connectivity index (χ2n) is 6.17. The molecule has 0 radical (unpaired) electrons. The van der Waals surface area contributed by atoms with Crippen molar-refractivity contribution in [2.45, 2.75) is 25.9 Å². The number of amides is 4. The molecule has 0 saturated carbocycles. The van der Waals surface area contributed by atoms with Gasteiger partial charge in [-0.25, -0.2) is 4.79 Å². The molecule has 1 saturated heterocycles. The van der Waals surface area contributed by atoms with Crippen LogP contribution in [0.5, 0.6) is 0 Å². The number of hydrogen-bond donors (Lipinski definition) is 2. The van der Waals surface area contributed by atoms with Gasteiger partial charge in [-0.3, -0.25) is 14.5 Å². The molecule has 4 amide bonds. The van der Waals surface area contributed by atoms with Gasteiger partial charge in [-0.15, -0.1) is 11.3 Å². The Labute approximate surface area is 149 Å². The highest BCUT2D eigenvalue weighted by molar-refractivity contribution is 7.09. The van der Waals surface area contributed by atoms with Crippen molar-refractivity contribution in [1.82, 2.24) is 15.5 Å². The van der Waals surface area contributed by atoms with E-state index in [1.165, 1.54) is 11.3 Å². The van der Waals surface area contributed by atoms with Gasteiger partial charge in [-0.05, 0) is 30.9 Å². The maximum absolute atomic E-state index is 12.8. The molecule has 25 heavy (non-hydrogen) atoms. The molecule has 2 N–H and O–H groups in total. The van der Waals surface area contributed by atoms with Crippen LogP contribution in [0, 0.1) is 6.92 Å². The minimum absolute atomic E-state index is 0.294. The number of carbonyl (C=O) groups is 3. The fourth-order valence-electron chi connectivity index (χ4n) is 2.72. The van der Waals surface area contributed by atoms with Crippen LogP contribution in [-0.4, -0.2) is 29.3 Å². The van der Waals surface area contributed by atoms with Gasteiger partial charge in [0.15, 0.2) is 0 Å². The lowest BCUT2D eigenvalue weighted by molar-refractivity contribution is -0.134. The minimum Gasteiger partial charge on any atom is -0.350 e. The summed E-state index contributed by atoms with van der Waals surface area (Å²) >= 11 is 1.53. The summed E-state index contributed by atoms with van der Waals surface area (Å²) in [5, 5.41) is 7.35. The number of benzene rings is 1. The smallest absolute Gasteiger partial charge is 0.325 e. The molecule has 1 aliphatic rings. The highest BCUT2D eigenvalue weighted by Gasteiger charge is 2.49. The Hall–Kier alpha value is -2.67. The van der Waals surface area contributed by atoms with Crippen molar-refractivity contribution in [2.75, 3.05) is 6.54 Å². The summed E-state index contributed by atoms with van der Waals surface area (Å²) in [4.78, 5) is 39.0. The second kappa shape index (κ2) is 6.68. The molecule has 6 nitrogen and oxygen atoms in total. The predicted molar refractivity (Wildman–Crippen MR) is 94.9 cm³/mol. The van der Waals surface area contributed by atoms with Crippen LogP contribution in [0.25, 0.3) is 0 Å². The Morgan fingerprint density at radius 2 is 1.96 bits per heavy atom. The van der Waals surface area contributed by atoms with E-state index in [9.17, 15) is 14.4 Å². The Bertz CT molecular complexity index is 801. The molecule has 7 heteroatoms. The molecular weight excluding hydrogens is 338 g/mol. The first-order chi connectivity index (χ1) is 11.9. The SMILES string of the molecule is Cc1ccc([C@@]2(C)NC(=O)N(CC(=O)NCc3cccs3)C2=O)cc1. The van der Waals surface area contributed by atoms with Crippen LogP contribution >= 0.6 is 11.3 Å². The summed E-state index contributed by atoms with van der Waals surface area (Å²) in [5.41, 5.74) is 0.602. The molecule has 0 unspecified atom stereocenters. The van der Waals surface area contributed by atoms with Crippen LogP contribution in [0.1, 0.15) is 22.9 Å². The zero-order chi connectivity index (χ0) is 18.0. The summed E-state index contributed by atoms with van der Waals surface area (Å²) < 4.78 is 0. The van der Waals surface area contributed by atoms with Crippen molar-refractivity contribution >= 4 is 29.2 Å². The van der Waals surface area contributed by atoms with Gasteiger partial charge >= 0.3 is 6.03 Å². The van der Waals surface area contributed by atoms with Gasteiger partial charge in [0.2, 0.25) is 5.91 Å². The van der Waals surface area contributed by atoms with E-state index in [4.69, 9.17) is 0 Å². The van der Waals surface area contributed by atoms with E-state index in [1.807, 2.05) is 48.7 Å².